The van der Waals surface area contributed by atoms with E-state index in [2.05, 4.69) is 5.32 Å². The lowest BCUT2D eigenvalue weighted by Crippen LogP contribution is -2.31. The van der Waals surface area contributed by atoms with Crippen LogP contribution in [0.1, 0.15) is 16.9 Å². The molecule has 0 unspecified atom stereocenters. The maximum atomic E-state index is 13.3. The van der Waals surface area contributed by atoms with Gasteiger partial charge in [-0.3, -0.25) is 14.5 Å². The predicted octanol–water partition coefficient (Wildman–Crippen LogP) is 5.94. The maximum absolute atomic E-state index is 13.3. The number of furan rings is 1. The first-order valence-electron chi connectivity index (χ1n) is 8.96. The van der Waals surface area contributed by atoms with Gasteiger partial charge >= 0.3 is 0 Å². The molecule has 30 heavy (non-hydrogen) atoms. The van der Waals surface area contributed by atoms with Crippen molar-refractivity contribution >= 4 is 57.9 Å². The average molecular weight is 462 g/mol. The highest BCUT2D eigenvalue weighted by molar-refractivity contribution is 6.41. The van der Waals surface area contributed by atoms with E-state index < -0.39 is 11.8 Å². The van der Waals surface area contributed by atoms with Crippen molar-refractivity contribution in [1.29, 1.82) is 0 Å². The Morgan fingerprint density at radius 1 is 0.967 bits per heavy atom. The van der Waals surface area contributed by atoms with Crippen molar-refractivity contribution in [2.24, 2.45) is 0 Å². The molecule has 3 aromatic rings. The van der Waals surface area contributed by atoms with Crippen LogP contribution in [0.25, 0.3) is 5.57 Å². The zero-order valence-corrected chi connectivity index (χ0v) is 18.0. The summed E-state index contributed by atoms with van der Waals surface area (Å²) in [6, 6.07) is 13.4. The molecule has 2 aromatic carbocycles. The number of nitrogens with zero attached hydrogens (tertiary/aromatic N) is 1. The van der Waals surface area contributed by atoms with Crippen molar-refractivity contribution in [3.05, 3.63) is 92.4 Å². The molecule has 4 rings (SSSR count). The van der Waals surface area contributed by atoms with Gasteiger partial charge < -0.3 is 9.73 Å². The number of nitrogens with one attached hydrogen (secondary N) is 1. The summed E-state index contributed by atoms with van der Waals surface area (Å²) in [7, 11) is 0. The molecule has 0 atom stereocenters. The standard InChI is InChI=1S/C22H15Cl3N2O3/c1-12-9-13(23)5-7-18(12)26-20-19(16-6-4-14(24)10-17(16)25)21(28)27(22(20)29)11-15-3-2-8-30-15/h2-10,26H,11H2,1H3. The number of benzene rings is 2. The maximum Gasteiger partial charge on any atom is 0.278 e. The van der Waals surface area contributed by atoms with Gasteiger partial charge in [-0.1, -0.05) is 40.9 Å². The van der Waals surface area contributed by atoms with Crippen LogP contribution in [-0.4, -0.2) is 16.7 Å². The molecule has 0 radical (unpaired) electrons. The lowest BCUT2D eigenvalue weighted by atomic mass is 10.0. The number of carbonyl (C=O) groups is 2. The number of aryl methyl sites for hydroxylation is 1. The van der Waals surface area contributed by atoms with E-state index in [1.807, 2.05) is 6.92 Å². The Labute approximate surface area is 187 Å². The molecule has 5 nitrogen and oxygen atoms in total. The highest BCUT2D eigenvalue weighted by atomic mass is 35.5. The van der Waals surface area contributed by atoms with Crippen molar-refractivity contribution in [2.75, 3.05) is 5.32 Å². The Balaban J connectivity index is 1.81. The van der Waals surface area contributed by atoms with E-state index in [9.17, 15) is 9.59 Å². The van der Waals surface area contributed by atoms with Crippen LogP contribution in [0.5, 0.6) is 0 Å². The number of anilines is 1. The van der Waals surface area contributed by atoms with Crippen LogP contribution >= 0.6 is 34.8 Å². The minimum atomic E-state index is -0.480. The molecule has 0 saturated heterocycles. The van der Waals surface area contributed by atoms with Gasteiger partial charge in [0.15, 0.2) is 0 Å². The number of hydrogen-bond donors (Lipinski definition) is 1. The van der Waals surface area contributed by atoms with Gasteiger partial charge in [-0.25, -0.2) is 0 Å². The molecule has 0 bridgehead atoms. The van der Waals surface area contributed by atoms with Gasteiger partial charge in [-0.15, -0.1) is 0 Å². The first kappa shape index (κ1) is 20.5. The molecule has 1 N–H and O–H groups in total. The summed E-state index contributed by atoms with van der Waals surface area (Å²) in [5, 5.41) is 4.37. The van der Waals surface area contributed by atoms with Crippen LogP contribution < -0.4 is 5.32 Å². The third kappa shape index (κ3) is 3.84. The molecule has 0 spiro atoms. The summed E-state index contributed by atoms with van der Waals surface area (Å²) in [6.45, 7) is 1.86. The molecule has 1 aliphatic heterocycles. The second kappa shape index (κ2) is 8.19. The summed E-state index contributed by atoms with van der Waals surface area (Å²) in [6.07, 6.45) is 1.49. The molecule has 0 saturated carbocycles. The first-order valence-corrected chi connectivity index (χ1v) is 10.1. The van der Waals surface area contributed by atoms with Gasteiger partial charge in [0.2, 0.25) is 0 Å². The van der Waals surface area contributed by atoms with Crippen molar-refractivity contribution in [3.8, 4) is 0 Å². The zero-order chi connectivity index (χ0) is 21.4. The Morgan fingerprint density at radius 3 is 2.37 bits per heavy atom. The van der Waals surface area contributed by atoms with Crippen LogP contribution in [0.2, 0.25) is 15.1 Å². The van der Waals surface area contributed by atoms with Gasteiger partial charge in [0.1, 0.15) is 11.5 Å². The van der Waals surface area contributed by atoms with E-state index in [0.29, 0.717) is 27.1 Å². The number of carbonyl (C=O) groups excluding carboxylic acids is 2. The third-order valence-corrected chi connectivity index (χ3v) is 5.49. The van der Waals surface area contributed by atoms with Gasteiger partial charge in [0.25, 0.3) is 11.8 Å². The van der Waals surface area contributed by atoms with E-state index in [4.69, 9.17) is 39.2 Å². The Kier molecular flexibility index (Phi) is 5.60. The molecule has 0 fully saturated rings. The van der Waals surface area contributed by atoms with E-state index in [0.717, 1.165) is 10.5 Å². The molecular weight excluding hydrogens is 447 g/mol. The quantitative estimate of drug-likeness (QED) is 0.478. The third-order valence-electron chi connectivity index (χ3n) is 4.71. The number of rotatable bonds is 5. The summed E-state index contributed by atoms with van der Waals surface area (Å²) in [5.74, 6) is -0.469. The SMILES string of the molecule is Cc1cc(Cl)ccc1NC1=C(c2ccc(Cl)cc2Cl)C(=O)N(Cc2ccco2)C1=O. The molecule has 1 aromatic heterocycles. The second-order valence-corrected chi connectivity index (χ2v) is 8.01. The minimum absolute atomic E-state index is 0.00412. The lowest BCUT2D eigenvalue weighted by molar-refractivity contribution is -0.137. The van der Waals surface area contributed by atoms with Crippen LogP contribution in [-0.2, 0) is 16.1 Å². The normalized spacial score (nSPS) is 14.1. The van der Waals surface area contributed by atoms with Crippen LogP contribution in [0, 0.1) is 6.92 Å². The average Bonchev–Trinajstić information content (AvgIpc) is 3.28. The van der Waals surface area contributed by atoms with Crippen molar-refractivity contribution in [1.82, 2.24) is 4.90 Å². The van der Waals surface area contributed by atoms with Crippen LogP contribution in [0.3, 0.4) is 0 Å². The molecular formula is C22H15Cl3N2O3. The molecule has 2 heterocycles. The number of hydrogen-bond acceptors (Lipinski definition) is 4. The predicted molar refractivity (Wildman–Crippen MR) is 117 cm³/mol. The smallest absolute Gasteiger partial charge is 0.278 e. The minimum Gasteiger partial charge on any atom is -0.467 e. The molecule has 8 heteroatoms. The van der Waals surface area contributed by atoms with E-state index >= 15 is 0 Å². The Bertz CT molecular complexity index is 1190. The fourth-order valence-corrected chi connectivity index (χ4v) is 3.97. The van der Waals surface area contributed by atoms with Crippen molar-refractivity contribution in [3.63, 3.8) is 0 Å². The fraction of sp³-hybridized carbons (Fsp3) is 0.0909. The van der Waals surface area contributed by atoms with Crippen molar-refractivity contribution in [2.45, 2.75) is 13.5 Å². The number of halogens is 3. The second-order valence-electron chi connectivity index (χ2n) is 6.73. The monoisotopic (exact) mass is 460 g/mol. The molecule has 2 amide bonds. The number of amides is 2. The topological polar surface area (TPSA) is 62.6 Å². The summed E-state index contributed by atoms with van der Waals surface area (Å²) in [4.78, 5) is 27.6. The van der Waals surface area contributed by atoms with Crippen LogP contribution in [0.15, 0.2) is 64.9 Å². The number of imide groups is 1. The van der Waals surface area contributed by atoms with Gasteiger partial charge in [0.05, 0.1) is 23.4 Å². The lowest BCUT2D eigenvalue weighted by Gasteiger charge is -2.14. The summed E-state index contributed by atoms with van der Waals surface area (Å²) < 4.78 is 5.32. The highest BCUT2D eigenvalue weighted by Crippen LogP contribution is 2.36. The molecule has 0 aliphatic carbocycles. The Morgan fingerprint density at radius 2 is 1.70 bits per heavy atom. The zero-order valence-electron chi connectivity index (χ0n) is 15.7. The largest absolute Gasteiger partial charge is 0.467 e. The fourth-order valence-electron chi connectivity index (χ4n) is 3.24. The molecule has 1 aliphatic rings. The summed E-state index contributed by atoms with van der Waals surface area (Å²) in [5.41, 5.74) is 2.18. The van der Waals surface area contributed by atoms with E-state index in [1.54, 1.807) is 42.5 Å². The molecule has 152 valence electrons. The van der Waals surface area contributed by atoms with Gasteiger partial charge in [-0.2, -0.15) is 0 Å². The Hall–Kier alpha value is -2.73. The van der Waals surface area contributed by atoms with E-state index in [1.165, 1.54) is 12.3 Å². The van der Waals surface area contributed by atoms with Crippen LogP contribution in [0.4, 0.5) is 5.69 Å². The van der Waals surface area contributed by atoms with Crippen molar-refractivity contribution < 1.29 is 14.0 Å². The van der Waals surface area contributed by atoms with Gasteiger partial charge in [0, 0.05) is 21.3 Å². The first-order chi connectivity index (χ1) is 14.3. The summed E-state index contributed by atoms with van der Waals surface area (Å²) >= 11 is 18.4. The van der Waals surface area contributed by atoms with Gasteiger partial charge in [-0.05, 0) is 55.0 Å². The van der Waals surface area contributed by atoms with E-state index in [-0.39, 0.29) is 22.8 Å². The highest BCUT2D eigenvalue weighted by Gasteiger charge is 2.40.